The van der Waals surface area contributed by atoms with Crippen molar-refractivity contribution in [3.05, 3.63) is 0 Å². The van der Waals surface area contributed by atoms with Gasteiger partial charge in [-0.3, -0.25) is 0 Å². The number of rotatable bonds is 0. The van der Waals surface area contributed by atoms with Gasteiger partial charge in [0.05, 0.1) is 6.10 Å². The molecular weight excluding hydrogens is 160 g/mol. The summed E-state index contributed by atoms with van der Waals surface area (Å²) in [7, 11) is 0. The van der Waals surface area contributed by atoms with Crippen LogP contribution in [0.2, 0.25) is 0 Å². The molecule has 0 aromatic rings. The number of ether oxygens (including phenoxy) is 1. The minimum atomic E-state index is 0.337. The lowest BCUT2D eigenvalue weighted by Crippen LogP contribution is -2.48. The van der Waals surface area contributed by atoms with Crippen molar-refractivity contribution in [3.8, 4) is 0 Å². The average molecular weight is 180 g/mol. The zero-order valence-electron chi connectivity index (χ0n) is 8.81. The first kappa shape index (κ1) is 8.28. The van der Waals surface area contributed by atoms with E-state index in [4.69, 9.17) is 4.74 Å². The minimum Gasteiger partial charge on any atom is -0.365 e. The highest BCUT2D eigenvalue weighted by Crippen LogP contribution is 2.66. The van der Waals surface area contributed by atoms with Gasteiger partial charge >= 0.3 is 0 Å². The van der Waals surface area contributed by atoms with Crippen molar-refractivity contribution in [2.75, 3.05) is 0 Å². The summed E-state index contributed by atoms with van der Waals surface area (Å²) < 4.78 is 6.08. The molecule has 0 unspecified atom stereocenters. The molecule has 74 valence electrons. The second-order valence-corrected chi connectivity index (χ2v) is 5.65. The van der Waals surface area contributed by atoms with Crippen molar-refractivity contribution >= 4 is 0 Å². The normalized spacial score (nSPS) is 59.5. The molecule has 2 aliphatic carbocycles. The van der Waals surface area contributed by atoms with E-state index in [1.165, 1.54) is 38.5 Å². The van der Waals surface area contributed by atoms with Gasteiger partial charge in [-0.1, -0.05) is 26.7 Å². The van der Waals surface area contributed by atoms with E-state index in [0.29, 0.717) is 17.1 Å². The largest absolute Gasteiger partial charge is 0.365 e. The van der Waals surface area contributed by atoms with Crippen LogP contribution in [0.1, 0.15) is 52.4 Å². The Balaban J connectivity index is 1.97. The molecular formula is C12H20O. The quantitative estimate of drug-likeness (QED) is 0.522. The van der Waals surface area contributed by atoms with Gasteiger partial charge in [0.1, 0.15) is 5.60 Å². The molecule has 3 rings (SSSR count). The van der Waals surface area contributed by atoms with Crippen molar-refractivity contribution < 1.29 is 4.74 Å². The van der Waals surface area contributed by atoms with Crippen molar-refractivity contribution in [2.24, 2.45) is 11.3 Å². The predicted octanol–water partition coefficient (Wildman–Crippen LogP) is 3.13. The Bertz CT molecular complexity index is 233. The molecule has 1 spiro atoms. The zero-order valence-corrected chi connectivity index (χ0v) is 8.81. The molecule has 0 N–H and O–H groups in total. The molecule has 0 bridgehead atoms. The molecule has 2 saturated carbocycles. The van der Waals surface area contributed by atoms with Crippen LogP contribution in [0.5, 0.6) is 0 Å². The fraction of sp³-hybridized carbons (Fsp3) is 1.00. The Morgan fingerprint density at radius 1 is 1.15 bits per heavy atom. The van der Waals surface area contributed by atoms with E-state index >= 15 is 0 Å². The summed E-state index contributed by atoms with van der Waals surface area (Å²) in [4.78, 5) is 0. The Morgan fingerprint density at radius 2 is 1.85 bits per heavy atom. The maximum absolute atomic E-state index is 6.08. The minimum absolute atomic E-state index is 0.337. The van der Waals surface area contributed by atoms with Gasteiger partial charge in [-0.15, -0.1) is 0 Å². The molecule has 1 aliphatic heterocycles. The highest BCUT2D eigenvalue weighted by molar-refractivity contribution is 5.19. The molecule has 3 aliphatic rings. The Labute approximate surface area is 80.8 Å². The molecule has 0 amide bonds. The second kappa shape index (κ2) is 2.31. The van der Waals surface area contributed by atoms with Crippen molar-refractivity contribution in [1.82, 2.24) is 0 Å². The maximum atomic E-state index is 6.08. The van der Waals surface area contributed by atoms with Crippen LogP contribution in [0.25, 0.3) is 0 Å². The Morgan fingerprint density at radius 3 is 2.54 bits per heavy atom. The van der Waals surface area contributed by atoms with E-state index in [9.17, 15) is 0 Å². The van der Waals surface area contributed by atoms with Crippen LogP contribution < -0.4 is 0 Å². The molecule has 4 atom stereocenters. The summed E-state index contributed by atoms with van der Waals surface area (Å²) >= 11 is 0. The van der Waals surface area contributed by atoms with Crippen LogP contribution >= 0.6 is 0 Å². The van der Waals surface area contributed by atoms with Gasteiger partial charge in [-0.2, -0.15) is 0 Å². The summed E-state index contributed by atoms with van der Waals surface area (Å²) in [5.41, 5.74) is 0.872. The first-order valence-electron chi connectivity index (χ1n) is 5.87. The molecule has 0 aromatic carbocycles. The molecule has 13 heavy (non-hydrogen) atoms. The first-order valence-corrected chi connectivity index (χ1v) is 5.87. The van der Waals surface area contributed by atoms with E-state index in [2.05, 4.69) is 13.8 Å². The fourth-order valence-electron chi connectivity index (χ4n) is 4.24. The van der Waals surface area contributed by atoms with Crippen LogP contribution in [0.3, 0.4) is 0 Å². The number of hydrogen-bond donors (Lipinski definition) is 0. The van der Waals surface area contributed by atoms with Crippen LogP contribution in [0.4, 0.5) is 0 Å². The molecule has 1 heteroatoms. The summed E-state index contributed by atoms with van der Waals surface area (Å²) in [6.07, 6.45) is 9.01. The molecule has 1 nitrogen and oxygen atoms in total. The van der Waals surface area contributed by atoms with E-state index in [-0.39, 0.29) is 0 Å². The van der Waals surface area contributed by atoms with Crippen molar-refractivity contribution in [2.45, 2.75) is 64.1 Å². The predicted molar refractivity (Wildman–Crippen MR) is 52.6 cm³/mol. The van der Waals surface area contributed by atoms with Gasteiger partial charge in [0.15, 0.2) is 0 Å². The van der Waals surface area contributed by atoms with Crippen molar-refractivity contribution in [3.63, 3.8) is 0 Å². The van der Waals surface area contributed by atoms with Gasteiger partial charge in [-0.25, -0.2) is 0 Å². The summed E-state index contributed by atoms with van der Waals surface area (Å²) in [5, 5.41) is 0. The van der Waals surface area contributed by atoms with Gasteiger partial charge in [-0.05, 0) is 37.0 Å². The lowest BCUT2D eigenvalue weighted by Gasteiger charge is -2.46. The van der Waals surface area contributed by atoms with Crippen LogP contribution in [-0.4, -0.2) is 11.7 Å². The molecule has 3 fully saturated rings. The SMILES string of the molecule is C[C@H]1CCC[C@@]2(C)CCC[C@H]3O[C@]132. The van der Waals surface area contributed by atoms with E-state index < -0.39 is 0 Å². The van der Waals surface area contributed by atoms with Crippen LogP contribution in [0.15, 0.2) is 0 Å². The Hall–Kier alpha value is -0.0400. The monoisotopic (exact) mass is 180 g/mol. The highest BCUT2D eigenvalue weighted by Gasteiger charge is 2.70. The topological polar surface area (TPSA) is 12.5 Å². The smallest absolute Gasteiger partial charge is 0.103 e. The zero-order chi connectivity index (χ0) is 9.10. The molecule has 0 radical (unpaired) electrons. The second-order valence-electron chi connectivity index (χ2n) is 5.65. The van der Waals surface area contributed by atoms with Crippen LogP contribution in [-0.2, 0) is 4.74 Å². The third-order valence-electron chi connectivity index (χ3n) is 4.99. The van der Waals surface area contributed by atoms with E-state index in [1.807, 2.05) is 0 Å². The first-order chi connectivity index (χ1) is 6.19. The maximum Gasteiger partial charge on any atom is 0.103 e. The molecule has 1 heterocycles. The third-order valence-corrected chi connectivity index (χ3v) is 4.99. The van der Waals surface area contributed by atoms with Crippen LogP contribution in [0, 0.1) is 11.3 Å². The molecule has 0 aromatic heterocycles. The van der Waals surface area contributed by atoms with Gasteiger partial charge < -0.3 is 4.74 Å². The summed E-state index contributed by atoms with van der Waals surface area (Å²) in [6, 6.07) is 0. The highest BCUT2D eigenvalue weighted by atomic mass is 16.6. The summed E-state index contributed by atoms with van der Waals surface area (Å²) in [6.45, 7) is 4.88. The summed E-state index contributed by atoms with van der Waals surface area (Å²) in [5.74, 6) is 0.816. The van der Waals surface area contributed by atoms with E-state index in [1.54, 1.807) is 0 Å². The molecule has 1 saturated heterocycles. The number of hydrogen-bond acceptors (Lipinski definition) is 1. The third kappa shape index (κ3) is 0.823. The van der Waals surface area contributed by atoms with Gasteiger partial charge in [0.25, 0.3) is 0 Å². The van der Waals surface area contributed by atoms with Gasteiger partial charge in [0, 0.05) is 0 Å². The fourth-order valence-corrected chi connectivity index (χ4v) is 4.24. The average Bonchev–Trinajstić information content (AvgIpc) is 2.79. The standard InChI is InChI=1S/C12H20O/c1-9-5-3-7-11(2)8-4-6-10-12(9,11)13-10/h9-10H,3-8H2,1-2H3/t9-,10+,11-,12+/m0/s1. The Kier molecular flexibility index (Phi) is 1.47. The van der Waals surface area contributed by atoms with E-state index in [0.717, 1.165) is 5.92 Å². The lowest BCUT2D eigenvalue weighted by atomic mass is 9.56. The lowest BCUT2D eigenvalue weighted by molar-refractivity contribution is 0.0135. The van der Waals surface area contributed by atoms with Gasteiger partial charge in [0.2, 0.25) is 0 Å². The number of epoxide rings is 1. The van der Waals surface area contributed by atoms with Crippen molar-refractivity contribution in [1.29, 1.82) is 0 Å².